The van der Waals surface area contributed by atoms with Crippen molar-refractivity contribution in [3.05, 3.63) is 38.8 Å². The average Bonchev–Trinajstić information content (AvgIpc) is 2.63. The van der Waals surface area contributed by atoms with Crippen molar-refractivity contribution in [1.29, 1.82) is 0 Å². The Morgan fingerprint density at radius 3 is 2.54 bits per heavy atom. The summed E-state index contributed by atoms with van der Waals surface area (Å²) in [6.45, 7) is -0.293. The van der Waals surface area contributed by atoms with Gasteiger partial charge in [-0.1, -0.05) is 0 Å². The number of hydrogen-bond acceptors (Lipinski definition) is 7. The molecule has 0 aliphatic carbocycles. The van der Waals surface area contributed by atoms with E-state index in [2.05, 4.69) is 42.4 Å². The normalized spacial score (nSPS) is 10.7. The molecule has 0 bridgehead atoms. The molecule has 0 atom stereocenters. The van der Waals surface area contributed by atoms with Crippen molar-refractivity contribution < 1.29 is 29.6 Å². The molecule has 4 N–H and O–H groups in total. The van der Waals surface area contributed by atoms with Crippen molar-refractivity contribution in [3.63, 3.8) is 0 Å². The molecule has 0 aliphatic rings. The maximum atomic E-state index is 11.8. The number of hydrogen-bond donors (Lipinski definition) is 4. The van der Waals surface area contributed by atoms with E-state index in [1.165, 1.54) is 13.2 Å². The first kappa shape index (κ1) is 19.9. The lowest BCUT2D eigenvalue weighted by molar-refractivity contribution is -0.123. The summed E-state index contributed by atoms with van der Waals surface area (Å²) in [6, 6.07) is 6.36. The number of phenolic OH excluding ortho intramolecular Hbond substituents is 3. The Balaban J connectivity index is 1.94. The highest BCUT2D eigenvalue weighted by Crippen LogP contribution is 2.42. The standard InChI is InChI=1S/C16H14Br2N2O6/c1-25-9-2-3-12(10(17)5-9)26-7-13(21)20-19-6-8-4-11(18)15(23)16(24)14(8)22/h2-6,22-24H,7H2,1H3,(H,20,21)/b19-6+. The van der Waals surface area contributed by atoms with Crippen molar-refractivity contribution in [2.24, 2.45) is 5.10 Å². The van der Waals surface area contributed by atoms with Gasteiger partial charge in [-0.05, 0) is 56.1 Å². The maximum Gasteiger partial charge on any atom is 0.277 e. The van der Waals surface area contributed by atoms with Crippen LogP contribution in [0.4, 0.5) is 0 Å². The number of ether oxygens (including phenoxy) is 2. The first-order valence-corrected chi connectivity index (χ1v) is 8.63. The largest absolute Gasteiger partial charge is 0.504 e. The Bertz CT molecular complexity index is 857. The molecule has 0 aliphatic heterocycles. The highest BCUT2D eigenvalue weighted by molar-refractivity contribution is 9.10. The van der Waals surface area contributed by atoms with Gasteiger partial charge in [0.15, 0.2) is 18.1 Å². The highest BCUT2D eigenvalue weighted by Gasteiger charge is 2.14. The molecule has 2 aromatic rings. The summed E-state index contributed by atoms with van der Waals surface area (Å²) < 4.78 is 11.2. The van der Waals surface area contributed by atoms with E-state index in [4.69, 9.17) is 9.47 Å². The molecule has 0 spiro atoms. The number of nitrogens with zero attached hydrogens (tertiary/aromatic N) is 1. The number of rotatable bonds is 6. The highest BCUT2D eigenvalue weighted by atomic mass is 79.9. The Hall–Kier alpha value is -2.46. The van der Waals surface area contributed by atoms with E-state index in [1.54, 1.807) is 18.2 Å². The zero-order chi connectivity index (χ0) is 19.3. The molecule has 8 nitrogen and oxygen atoms in total. The maximum absolute atomic E-state index is 11.8. The molecule has 10 heteroatoms. The third-order valence-electron chi connectivity index (χ3n) is 3.12. The molecule has 0 heterocycles. The first-order valence-electron chi connectivity index (χ1n) is 7.05. The van der Waals surface area contributed by atoms with E-state index in [0.717, 1.165) is 6.21 Å². The van der Waals surface area contributed by atoms with Crippen LogP contribution in [0, 0.1) is 0 Å². The molecular formula is C16H14Br2N2O6. The average molecular weight is 490 g/mol. The van der Waals surface area contributed by atoms with Crippen LogP contribution in [-0.4, -0.2) is 41.2 Å². The number of nitrogens with one attached hydrogen (secondary N) is 1. The van der Waals surface area contributed by atoms with Crippen LogP contribution in [0.25, 0.3) is 0 Å². The number of methoxy groups -OCH3 is 1. The van der Waals surface area contributed by atoms with Crippen LogP contribution in [0.3, 0.4) is 0 Å². The summed E-state index contributed by atoms with van der Waals surface area (Å²) in [5, 5.41) is 32.4. The fourth-order valence-corrected chi connectivity index (χ4v) is 2.72. The molecule has 26 heavy (non-hydrogen) atoms. The summed E-state index contributed by atoms with van der Waals surface area (Å²) in [7, 11) is 1.54. The minimum atomic E-state index is -0.695. The monoisotopic (exact) mass is 488 g/mol. The third-order valence-corrected chi connectivity index (χ3v) is 4.35. The summed E-state index contributed by atoms with van der Waals surface area (Å²) in [4.78, 5) is 11.8. The lowest BCUT2D eigenvalue weighted by atomic mass is 10.2. The van der Waals surface area contributed by atoms with Gasteiger partial charge < -0.3 is 24.8 Å². The molecule has 0 saturated carbocycles. The van der Waals surface area contributed by atoms with Crippen LogP contribution in [0.1, 0.15) is 5.56 Å². The van der Waals surface area contributed by atoms with Crippen LogP contribution < -0.4 is 14.9 Å². The van der Waals surface area contributed by atoms with Gasteiger partial charge in [-0.25, -0.2) is 5.43 Å². The lowest BCUT2D eigenvalue weighted by Gasteiger charge is -2.08. The smallest absolute Gasteiger partial charge is 0.277 e. The Labute approximate surface area is 165 Å². The van der Waals surface area contributed by atoms with Crippen LogP contribution in [-0.2, 0) is 4.79 Å². The third kappa shape index (κ3) is 4.79. The molecular weight excluding hydrogens is 476 g/mol. The van der Waals surface area contributed by atoms with Gasteiger partial charge in [-0.2, -0.15) is 5.10 Å². The number of phenols is 3. The molecule has 0 aromatic heterocycles. The van der Waals surface area contributed by atoms with Gasteiger partial charge in [0, 0.05) is 5.56 Å². The molecule has 1 amide bonds. The van der Waals surface area contributed by atoms with E-state index in [9.17, 15) is 20.1 Å². The molecule has 2 rings (SSSR count). The minimum Gasteiger partial charge on any atom is -0.504 e. The molecule has 0 unspecified atom stereocenters. The van der Waals surface area contributed by atoms with Gasteiger partial charge in [0.25, 0.3) is 5.91 Å². The number of carbonyl (C=O) groups is 1. The molecule has 0 radical (unpaired) electrons. The van der Waals surface area contributed by atoms with Gasteiger partial charge in [-0.3, -0.25) is 4.79 Å². The van der Waals surface area contributed by atoms with Crippen molar-refractivity contribution in [2.45, 2.75) is 0 Å². The van der Waals surface area contributed by atoms with Crippen LogP contribution in [0.5, 0.6) is 28.7 Å². The van der Waals surface area contributed by atoms with E-state index in [0.29, 0.717) is 16.0 Å². The van der Waals surface area contributed by atoms with Gasteiger partial charge >= 0.3 is 0 Å². The molecule has 2 aromatic carbocycles. The summed E-state index contributed by atoms with van der Waals surface area (Å²) in [5.41, 5.74) is 2.31. The van der Waals surface area contributed by atoms with Crippen molar-refractivity contribution in [1.82, 2.24) is 5.43 Å². The predicted molar refractivity (Wildman–Crippen MR) is 101 cm³/mol. The molecule has 0 fully saturated rings. The Kier molecular flexibility index (Phi) is 6.70. The summed E-state index contributed by atoms with van der Waals surface area (Å²) in [5.74, 6) is -1.20. The van der Waals surface area contributed by atoms with Crippen molar-refractivity contribution >= 4 is 44.0 Å². The topological polar surface area (TPSA) is 121 Å². The number of carbonyl (C=O) groups excluding carboxylic acids is 1. The predicted octanol–water partition coefficient (Wildman–Crippen LogP) is 2.87. The fraction of sp³-hybridized carbons (Fsp3) is 0.125. The number of amides is 1. The minimum absolute atomic E-state index is 0.0892. The quantitative estimate of drug-likeness (QED) is 0.281. The second-order valence-electron chi connectivity index (χ2n) is 4.87. The number of halogens is 2. The summed E-state index contributed by atoms with van der Waals surface area (Å²) in [6.07, 6.45) is 1.11. The number of hydrazone groups is 1. The van der Waals surface area contributed by atoms with E-state index >= 15 is 0 Å². The SMILES string of the molecule is COc1ccc(OCC(=O)N/N=C/c2cc(Br)c(O)c(O)c2O)c(Br)c1. The van der Waals surface area contributed by atoms with Gasteiger partial charge in [-0.15, -0.1) is 0 Å². The van der Waals surface area contributed by atoms with E-state index in [1.807, 2.05) is 0 Å². The van der Waals surface area contributed by atoms with E-state index < -0.39 is 23.2 Å². The lowest BCUT2D eigenvalue weighted by Crippen LogP contribution is -2.24. The zero-order valence-corrected chi connectivity index (χ0v) is 16.5. The van der Waals surface area contributed by atoms with Gasteiger partial charge in [0.1, 0.15) is 11.5 Å². The Morgan fingerprint density at radius 2 is 1.88 bits per heavy atom. The van der Waals surface area contributed by atoms with Crippen LogP contribution >= 0.6 is 31.9 Å². The zero-order valence-electron chi connectivity index (χ0n) is 13.4. The van der Waals surface area contributed by atoms with Crippen molar-refractivity contribution in [3.8, 4) is 28.7 Å². The summed E-state index contributed by atoms with van der Waals surface area (Å²) >= 11 is 6.32. The molecule has 138 valence electrons. The van der Waals surface area contributed by atoms with Gasteiger partial charge in [0.05, 0.1) is 22.3 Å². The van der Waals surface area contributed by atoms with Crippen LogP contribution in [0.15, 0.2) is 38.3 Å². The second-order valence-corrected chi connectivity index (χ2v) is 6.58. The first-order chi connectivity index (χ1) is 12.3. The second kappa shape index (κ2) is 8.77. The van der Waals surface area contributed by atoms with Crippen molar-refractivity contribution in [2.75, 3.05) is 13.7 Å². The van der Waals surface area contributed by atoms with Gasteiger partial charge in [0.2, 0.25) is 5.75 Å². The fourth-order valence-electron chi connectivity index (χ4n) is 1.81. The number of benzene rings is 2. The Morgan fingerprint density at radius 1 is 1.15 bits per heavy atom. The molecule has 0 saturated heterocycles. The van der Waals surface area contributed by atoms with E-state index in [-0.39, 0.29) is 16.6 Å². The van der Waals surface area contributed by atoms with Crippen LogP contribution in [0.2, 0.25) is 0 Å². The number of aromatic hydroxyl groups is 3.